The van der Waals surface area contributed by atoms with Gasteiger partial charge in [0.05, 0.1) is 13.7 Å². The maximum absolute atomic E-state index is 12.0. The second-order valence-electron chi connectivity index (χ2n) is 5.39. The van der Waals surface area contributed by atoms with Crippen molar-refractivity contribution in [1.29, 1.82) is 0 Å². The summed E-state index contributed by atoms with van der Waals surface area (Å²) in [5, 5.41) is 2.93. The van der Waals surface area contributed by atoms with Crippen molar-refractivity contribution in [2.75, 3.05) is 20.7 Å². The summed E-state index contributed by atoms with van der Waals surface area (Å²) in [6.07, 6.45) is 0. The molecule has 0 aromatic heterocycles. The number of halogens is 1. The van der Waals surface area contributed by atoms with Gasteiger partial charge in [0.2, 0.25) is 5.91 Å². The molecule has 0 aliphatic heterocycles. The summed E-state index contributed by atoms with van der Waals surface area (Å²) in [4.78, 5) is 14.0. The van der Waals surface area contributed by atoms with Crippen LogP contribution in [0.4, 0.5) is 0 Å². The molecule has 2 rings (SSSR count). The van der Waals surface area contributed by atoms with Crippen LogP contribution < -0.4 is 10.1 Å². The fourth-order valence-electron chi connectivity index (χ4n) is 2.22. The first-order valence-corrected chi connectivity index (χ1v) is 8.19. The summed E-state index contributed by atoms with van der Waals surface area (Å²) in [6.45, 7) is 1.60. The summed E-state index contributed by atoms with van der Waals surface area (Å²) >= 11 is 3.53. The molecule has 1 amide bonds. The van der Waals surface area contributed by atoms with E-state index in [0.717, 1.165) is 27.9 Å². The third kappa shape index (κ3) is 5.69. The van der Waals surface area contributed by atoms with E-state index in [1.807, 2.05) is 54.4 Å². The molecule has 2 aromatic carbocycles. The Morgan fingerprint density at radius 2 is 1.87 bits per heavy atom. The van der Waals surface area contributed by atoms with Gasteiger partial charge in [-0.3, -0.25) is 9.69 Å². The van der Waals surface area contributed by atoms with E-state index in [1.54, 1.807) is 7.11 Å². The van der Waals surface area contributed by atoms with Gasteiger partial charge in [-0.05, 0) is 36.4 Å². The number of benzene rings is 2. The summed E-state index contributed by atoms with van der Waals surface area (Å²) in [5.74, 6) is 0.823. The first-order chi connectivity index (χ1) is 11.1. The lowest BCUT2D eigenvalue weighted by Gasteiger charge is -2.17. The van der Waals surface area contributed by atoms with Gasteiger partial charge in [0.1, 0.15) is 5.75 Å². The van der Waals surface area contributed by atoms with Crippen LogP contribution in [0.5, 0.6) is 5.75 Å². The number of methoxy groups -OCH3 is 1. The van der Waals surface area contributed by atoms with E-state index in [4.69, 9.17) is 4.74 Å². The van der Waals surface area contributed by atoms with Gasteiger partial charge in [-0.2, -0.15) is 0 Å². The molecule has 23 heavy (non-hydrogen) atoms. The summed E-state index contributed by atoms with van der Waals surface area (Å²) in [5.41, 5.74) is 2.21. The van der Waals surface area contributed by atoms with Crippen LogP contribution in [0.1, 0.15) is 11.1 Å². The number of rotatable bonds is 7. The highest BCUT2D eigenvalue weighted by Gasteiger charge is 2.08. The number of carbonyl (C=O) groups excluding carboxylic acids is 1. The van der Waals surface area contributed by atoms with Crippen molar-refractivity contribution in [3.8, 4) is 5.75 Å². The maximum Gasteiger partial charge on any atom is 0.234 e. The van der Waals surface area contributed by atoms with E-state index in [9.17, 15) is 4.79 Å². The minimum absolute atomic E-state index is 0.00960. The normalized spacial score (nSPS) is 10.6. The van der Waals surface area contributed by atoms with Crippen LogP contribution in [-0.2, 0) is 17.9 Å². The second-order valence-corrected chi connectivity index (χ2v) is 6.24. The zero-order chi connectivity index (χ0) is 16.7. The van der Waals surface area contributed by atoms with Crippen LogP contribution in [0.3, 0.4) is 0 Å². The monoisotopic (exact) mass is 376 g/mol. The largest absolute Gasteiger partial charge is 0.497 e. The quantitative estimate of drug-likeness (QED) is 0.806. The molecule has 0 aliphatic carbocycles. The van der Waals surface area contributed by atoms with Gasteiger partial charge in [-0.1, -0.05) is 46.3 Å². The Morgan fingerprint density at radius 3 is 2.52 bits per heavy atom. The molecule has 0 aliphatic rings. The van der Waals surface area contributed by atoms with E-state index in [0.29, 0.717) is 13.1 Å². The predicted octanol–water partition coefficient (Wildman–Crippen LogP) is 3.21. The Labute approximate surface area is 145 Å². The summed E-state index contributed by atoms with van der Waals surface area (Å²) in [7, 11) is 3.57. The Bertz CT molecular complexity index is 644. The number of ether oxygens (including phenoxy) is 1. The Morgan fingerprint density at radius 1 is 1.17 bits per heavy atom. The van der Waals surface area contributed by atoms with Crippen LogP contribution in [0, 0.1) is 0 Å². The number of nitrogens with one attached hydrogen (secondary N) is 1. The lowest BCUT2D eigenvalue weighted by molar-refractivity contribution is -0.122. The molecule has 0 heterocycles. The van der Waals surface area contributed by atoms with Crippen LogP contribution in [0.2, 0.25) is 0 Å². The van der Waals surface area contributed by atoms with Gasteiger partial charge in [0, 0.05) is 17.6 Å². The number of hydrogen-bond acceptors (Lipinski definition) is 3. The third-order valence-electron chi connectivity index (χ3n) is 3.46. The Kier molecular flexibility index (Phi) is 6.62. The summed E-state index contributed by atoms with van der Waals surface area (Å²) < 4.78 is 6.18. The van der Waals surface area contributed by atoms with E-state index >= 15 is 0 Å². The molecular formula is C18H21BrN2O2. The van der Waals surface area contributed by atoms with E-state index < -0.39 is 0 Å². The van der Waals surface area contributed by atoms with Gasteiger partial charge in [-0.15, -0.1) is 0 Å². The molecule has 0 unspecified atom stereocenters. The number of nitrogens with zero attached hydrogens (tertiary/aromatic N) is 1. The minimum atomic E-state index is 0.00960. The van der Waals surface area contributed by atoms with Gasteiger partial charge >= 0.3 is 0 Å². The topological polar surface area (TPSA) is 41.6 Å². The second kappa shape index (κ2) is 8.70. The van der Waals surface area contributed by atoms with E-state index in [2.05, 4.69) is 27.3 Å². The first-order valence-electron chi connectivity index (χ1n) is 7.40. The first kappa shape index (κ1) is 17.5. The van der Waals surface area contributed by atoms with E-state index in [-0.39, 0.29) is 5.91 Å². The van der Waals surface area contributed by atoms with Crippen LogP contribution in [0.15, 0.2) is 53.0 Å². The SMILES string of the molecule is COc1ccc(CNC(=O)CN(C)Cc2ccccc2Br)cc1. The molecule has 5 heteroatoms. The van der Waals surface area contributed by atoms with Gasteiger partial charge < -0.3 is 10.1 Å². The van der Waals surface area contributed by atoms with Crippen molar-refractivity contribution in [2.24, 2.45) is 0 Å². The molecule has 0 radical (unpaired) electrons. The number of hydrogen-bond donors (Lipinski definition) is 1. The molecule has 122 valence electrons. The number of carbonyl (C=O) groups is 1. The molecule has 0 bridgehead atoms. The highest BCUT2D eigenvalue weighted by atomic mass is 79.9. The van der Waals surface area contributed by atoms with Crippen molar-refractivity contribution in [3.63, 3.8) is 0 Å². The van der Waals surface area contributed by atoms with Crippen molar-refractivity contribution in [3.05, 3.63) is 64.1 Å². The molecular weight excluding hydrogens is 356 g/mol. The molecule has 2 aromatic rings. The molecule has 0 saturated heterocycles. The molecule has 0 atom stereocenters. The van der Waals surface area contributed by atoms with Crippen molar-refractivity contribution >= 4 is 21.8 Å². The fraction of sp³-hybridized carbons (Fsp3) is 0.278. The number of amides is 1. The van der Waals surface area contributed by atoms with Crippen molar-refractivity contribution < 1.29 is 9.53 Å². The Balaban J connectivity index is 1.78. The average molecular weight is 377 g/mol. The average Bonchev–Trinajstić information content (AvgIpc) is 2.55. The maximum atomic E-state index is 12.0. The zero-order valence-electron chi connectivity index (χ0n) is 13.4. The molecule has 0 spiro atoms. The van der Waals surface area contributed by atoms with Crippen LogP contribution in [0.25, 0.3) is 0 Å². The predicted molar refractivity (Wildman–Crippen MR) is 95.3 cm³/mol. The van der Waals surface area contributed by atoms with Gasteiger partial charge in [0.15, 0.2) is 0 Å². The van der Waals surface area contributed by atoms with Crippen molar-refractivity contribution in [1.82, 2.24) is 10.2 Å². The smallest absolute Gasteiger partial charge is 0.234 e. The zero-order valence-corrected chi connectivity index (χ0v) is 15.0. The highest BCUT2D eigenvalue weighted by molar-refractivity contribution is 9.10. The Hall–Kier alpha value is -1.85. The van der Waals surface area contributed by atoms with Gasteiger partial charge in [0.25, 0.3) is 0 Å². The van der Waals surface area contributed by atoms with Crippen LogP contribution >= 0.6 is 15.9 Å². The highest BCUT2D eigenvalue weighted by Crippen LogP contribution is 2.17. The lowest BCUT2D eigenvalue weighted by Crippen LogP contribution is -2.34. The standard InChI is InChI=1S/C18H21BrN2O2/c1-21(12-15-5-3-4-6-17(15)19)13-18(22)20-11-14-7-9-16(23-2)10-8-14/h3-10H,11-13H2,1-2H3,(H,20,22). The molecule has 0 saturated carbocycles. The summed E-state index contributed by atoms with van der Waals surface area (Å²) in [6, 6.07) is 15.7. The van der Waals surface area contributed by atoms with E-state index in [1.165, 1.54) is 0 Å². The molecule has 0 fully saturated rings. The third-order valence-corrected chi connectivity index (χ3v) is 4.23. The minimum Gasteiger partial charge on any atom is -0.497 e. The molecule has 1 N–H and O–H groups in total. The van der Waals surface area contributed by atoms with Gasteiger partial charge in [-0.25, -0.2) is 0 Å². The van der Waals surface area contributed by atoms with Crippen LogP contribution in [-0.4, -0.2) is 31.5 Å². The fourth-order valence-corrected chi connectivity index (χ4v) is 2.63. The van der Waals surface area contributed by atoms with Crippen molar-refractivity contribution in [2.45, 2.75) is 13.1 Å². The number of likely N-dealkylation sites (N-methyl/N-ethyl adjacent to an activating group) is 1. The molecule has 4 nitrogen and oxygen atoms in total. The lowest BCUT2D eigenvalue weighted by atomic mass is 10.2.